The van der Waals surface area contributed by atoms with Gasteiger partial charge in [0.15, 0.2) is 11.5 Å². The minimum absolute atomic E-state index is 0.0688. The first kappa shape index (κ1) is 27.2. The number of nitrogens with one attached hydrogen (secondary N) is 1. The Bertz CT molecular complexity index is 1190. The molecule has 1 atom stereocenters. The molecule has 9 heteroatoms. The number of likely N-dealkylation sites (tertiary alicyclic amines) is 1. The van der Waals surface area contributed by atoms with E-state index in [1.54, 1.807) is 48.5 Å². The molecular weight excluding hydrogens is 488 g/mol. The van der Waals surface area contributed by atoms with E-state index in [0.717, 1.165) is 19.6 Å². The standard InChI is InChI=1S/C29H34N2O7/c1-4-16-38-22-9-6-20(7-10-22)27(32)25-26(21-8-11-23(35-2)24(19-21)36-3)31(29(34)28(25)33)13-5-12-30-14-17-37-18-15-30/h4,6-11,19,26,32H,1,5,12-18H2,2-3H3. The van der Waals surface area contributed by atoms with Crippen LogP contribution in [0.25, 0.3) is 5.76 Å². The third-order valence-electron chi connectivity index (χ3n) is 6.87. The molecule has 38 heavy (non-hydrogen) atoms. The second kappa shape index (κ2) is 12.6. The fraction of sp³-hybridized carbons (Fsp3) is 0.379. The molecule has 1 amide bonds. The van der Waals surface area contributed by atoms with Crippen LogP contribution in [-0.4, -0.2) is 76.8 Å². The van der Waals surface area contributed by atoms with Gasteiger partial charge in [0, 0.05) is 18.5 Å². The molecule has 4 rings (SSSR count). The van der Waals surface area contributed by atoms with Crippen molar-refractivity contribution in [3.8, 4) is 17.2 Å². The summed E-state index contributed by atoms with van der Waals surface area (Å²) in [6.45, 7) is 8.40. The van der Waals surface area contributed by atoms with Gasteiger partial charge in [0.1, 0.15) is 25.4 Å². The molecule has 2 fully saturated rings. The molecule has 2 saturated heterocycles. The summed E-state index contributed by atoms with van der Waals surface area (Å²) >= 11 is 0. The Hall–Kier alpha value is -3.82. The van der Waals surface area contributed by atoms with Crippen molar-refractivity contribution in [3.05, 3.63) is 71.8 Å². The number of carbonyl (C=O) groups is 2. The number of methoxy groups -OCH3 is 2. The summed E-state index contributed by atoms with van der Waals surface area (Å²) in [6.07, 6.45) is 2.32. The number of ether oxygens (including phenoxy) is 4. The summed E-state index contributed by atoms with van der Waals surface area (Å²) in [4.78, 5) is 29.5. The predicted octanol–water partition coefficient (Wildman–Crippen LogP) is 0.798. The Balaban J connectivity index is 1.69. The fourth-order valence-electron chi connectivity index (χ4n) is 4.89. The lowest BCUT2D eigenvalue weighted by Crippen LogP contribution is -3.14. The molecule has 0 bridgehead atoms. The van der Waals surface area contributed by atoms with E-state index in [1.807, 2.05) is 0 Å². The van der Waals surface area contributed by atoms with E-state index in [-0.39, 0.29) is 5.57 Å². The number of hydrogen-bond acceptors (Lipinski definition) is 7. The lowest BCUT2D eigenvalue weighted by atomic mass is 9.95. The van der Waals surface area contributed by atoms with Gasteiger partial charge >= 0.3 is 0 Å². The van der Waals surface area contributed by atoms with E-state index in [1.165, 1.54) is 24.0 Å². The van der Waals surface area contributed by atoms with Gasteiger partial charge in [0.25, 0.3) is 5.91 Å². The number of quaternary nitrogens is 1. The average Bonchev–Trinajstić information content (AvgIpc) is 3.21. The van der Waals surface area contributed by atoms with Crippen LogP contribution in [0.2, 0.25) is 0 Å². The number of morpholine rings is 1. The highest BCUT2D eigenvalue weighted by atomic mass is 16.5. The Morgan fingerprint density at radius 3 is 2.47 bits per heavy atom. The van der Waals surface area contributed by atoms with Crippen molar-refractivity contribution < 1.29 is 38.5 Å². The van der Waals surface area contributed by atoms with Crippen molar-refractivity contribution in [2.75, 3.05) is 60.2 Å². The van der Waals surface area contributed by atoms with Crippen LogP contribution in [0.1, 0.15) is 23.6 Å². The van der Waals surface area contributed by atoms with E-state index in [0.29, 0.717) is 61.2 Å². The van der Waals surface area contributed by atoms with Crippen LogP contribution in [0.4, 0.5) is 0 Å². The van der Waals surface area contributed by atoms with Gasteiger partial charge in [0.2, 0.25) is 5.78 Å². The third kappa shape index (κ3) is 5.84. The normalized spacial score (nSPS) is 19.4. The van der Waals surface area contributed by atoms with Crippen LogP contribution in [0.5, 0.6) is 17.2 Å². The third-order valence-corrected chi connectivity index (χ3v) is 6.87. The number of carbonyl (C=O) groups excluding carboxylic acids is 2. The highest BCUT2D eigenvalue weighted by Crippen LogP contribution is 2.41. The van der Waals surface area contributed by atoms with Crippen LogP contribution in [0, 0.1) is 0 Å². The fourth-order valence-corrected chi connectivity index (χ4v) is 4.89. The van der Waals surface area contributed by atoms with Gasteiger partial charge in [-0.05, 0) is 35.4 Å². The maximum atomic E-state index is 13.7. The van der Waals surface area contributed by atoms with Crippen LogP contribution in [0.15, 0.2) is 60.7 Å². The molecule has 0 aliphatic carbocycles. The summed E-state index contributed by atoms with van der Waals surface area (Å²) in [5.41, 5.74) is 0.841. The molecular formula is C29H34N2O7. The summed E-state index contributed by atoms with van der Waals surface area (Å²) in [5.74, 6) is -0.400. The van der Waals surface area contributed by atoms with Crippen molar-refractivity contribution >= 4 is 17.4 Å². The highest BCUT2D eigenvalue weighted by Gasteiger charge is 2.44. The van der Waals surface area contributed by atoms with Gasteiger partial charge in [-0.1, -0.05) is 36.6 Å². The zero-order valence-electron chi connectivity index (χ0n) is 21.9. The van der Waals surface area contributed by atoms with Crippen molar-refractivity contribution in [1.29, 1.82) is 0 Å². The molecule has 2 aromatic carbocycles. The number of rotatable bonds is 11. The van der Waals surface area contributed by atoms with Crippen LogP contribution in [0.3, 0.4) is 0 Å². The first-order valence-electron chi connectivity index (χ1n) is 12.7. The van der Waals surface area contributed by atoms with Gasteiger partial charge in [-0.2, -0.15) is 0 Å². The molecule has 2 aliphatic heterocycles. The molecule has 1 unspecified atom stereocenters. The molecule has 2 heterocycles. The summed E-state index contributed by atoms with van der Waals surface area (Å²) in [5, 5.41) is 13.7. The molecule has 0 aromatic heterocycles. The Kier molecular flexibility index (Phi) is 9.04. The minimum atomic E-state index is -0.835. The zero-order chi connectivity index (χ0) is 27.1. The Labute approximate surface area is 222 Å². The topological polar surface area (TPSA) is 102 Å². The first-order valence-corrected chi connectivity index (χ1v) is 12.7. The second-order valence-electron chi connectivity index (χ2n) is 9.18. The van der Waals surface area contributed by atoms with E-state index < -0.39 is 23.5 Å². The van der Waals surface area contributed by atoms with Gasteiger partial charge in [0.05, 0.1) is 40.0 Å². The predicted molar refractivity (Wildman–Crippen MR) is 139 cm³/mol. The Morgan fingerprint density at radius 1 is 1.11 bits per heavy atom. The maximum Gasteiger partial charge on any atom is 0.295 e. The molecule has 0 saturated carbocycles. The number of amides is 1. The van der Waals surface area contributed by atoms with Gasteiger partial charge < -0.3 is 33.9 Å². The van der Waals surface area contributed by atoms with Crippen molar-refractivity contribution in [2.24, 2.45) is 0 Å². The number of benzene rings is 2. The summed E-state index contributed by atoms with van der Waals surface area (Å²) in [7, 11) is 3.05. The monoisotopic (exact) mass is 522 g/mol. The van der Waals surface area contributed by atoms with Gasteiger partial charge in [-0.25, -0.2) is 0 Å². The molecule has 0 radical (unpaired) electrons. The summed E-state index contributed by atoms with van der Waals surface area (Å²) < 4.78 is 21.8. The average molecular weight is 523 g/mol. The zero-order valence-corrected chi connectivity index (χ0v) is 21.9. The van der Waals surface area contributed by atoms with Gasteiger partial charge in [-0.3, -0.25) is 9.59 Å². The van der Waals surface area contributed by atoms with E-state index in [2.05, 4.69) is 6.58 Å². The lowest BCUT2D eigenvalue weighted by Gasteiger charge is -2.29. The SMILES string of the molecule is C=CCOc1ccc(C([O-])=C2C(=O)C(=O)N(CCC[NH+]3CCOCC3)C2c2ccc(OC)c(OC)c2)cc1. The van der Waals surface area contributed by atoms with Crippen LogP contribution < -0.4 is 24.2 Å². The molecule has 0 spiro atoms. The highest BCUT2D eigenvalue weighted by molar-refractivity contribution is 6.46. The quantitative estimate of drug-likeness (QED) is 0.202. The molecule has 1 N–H and O–H groups in total. The largest absolute Gasteiger partial charge is 0.872 e. The van der Waals surface area contributed by atoms with E-state index in [4.69, 9.17) is 18.9 Å². The second-order valence-corrected chi connectivity index (χ2v) is 9.18. The van der Waals surface area contributed by atoms with E-state index in [9.17, 15) is 14.7 Å². The molecule has 9 nitrogen and oxygen atoms in total. The summed E-state index contributed by atoms with van der Waals surface area (Å²) in [6, 6.07) is 10.9. The van der Waals surface area contributed by atoms with E-state index >= 15 is 0 Å². The Morgan fingerprint density at radius 2 is 1.82 bits per heavy atom. The van der Waals surface area contributed by atoms with Crippen molar-refractivity contribution in [3.63, 3.8) is 0 Å². The van der Waals surface area contributed by atoms with Crippen LogP contribution in [-0.2, 0) is 14.3 Å². The number of Topliss-reactive ketones (excluding diaryl/α,β-unsaturated/α-hetero) is 1. The molecule has 2 aromatic rings. The maximum absolute atomic E-state index is 13.7. The number of hydrogen-bond donors (Lipinski definition) is 1. The van der Waals surface area contributed by atoms with Crippen molar-refractivity contribution in [1.82, 2.24) is 4.90 Å². The lowest BCUT2D eigenvalue weighted by molar-refractivity contribution is -0.908. The molecule has 2 aliphatic rings. The van der Waals surface area contributed by atoms with Gasteiger partial charge in [-0.15, -0.1) is 0 Å². The minimum Gasteiger partial charge on any atom is -0.872 e. The van der Waals surface area contributed by atoms with Crippen LogP contribution >= 0.6 is 0 Å². The number of nitrogens with zero attached hydrogens (tertiary/aromatic N) is 1. The van der Waals surface area contributed by atoms with Crippen molar-refractivity contribution in [2.45, 2.75) is 12.5 Å². The molecule has 202 valence electrons. The number of ketones is 1. The smallest absolute Gasteiger partial charge is 0.295 e. The first-order chi connectivity index (χ1) is 18.5.